The first-order valence-corrected chi connectivity index (χ1v) is 15.2. The van der Waals surface area contributed by atoms with Crippen molar-refractivity contribution in [2.75, 3.05) is 31.9 Å². The molecule has 0 radical (unpaired) electrons. The number of nitrogens with zero attached hydrogens (tertiary/aromatic N) is 1. The molecule has 176 valence electrons. The van der Waals surface area contributed by atoms with Gasteiger partial charge in [0.1, 0.15) is 6.73 Å². The van der Waals surface area contributed by atoms with Crippen LogP contribution < -0.4 is 5.43 Å². The molecule has 0 fully saturated rings. The molecule has 1 N–H and O–H groups in total. The monoisotopic (exact) mass is 460 g/mol. The number of amides is 1. The molecule has 0 aliphatic carbocycles. The maximum Gasteiger partial charge on any atom is 0.424 e. The van der Waals surface area contributed by atoms with Crippen molar-refractivity contribution in [1.29, 1.82) is 0 Å². The van der Waals surface area contributed by atoms with Gasteiger partial charge in [-0.2, -0.15) is 0 Å². The lowest BCUT2D eigenvalue weighted by Crippen LogP contribution is -2.46. The van der Waals surface area contributed by atoms with Gasteiger partial charge in [0.25, 0.3) is 0 Å². The van der Waals surface area contributed by atoms with Crippen LogP contribution in [-0.2, 0) is 14.2 Å². The largest absolute Gasteiger partial charge is 0.446 e. The van der Waals surface area contributed by atoms with E-state index < -0.39 is 14.2 Å². The van der Waals surface area contributed by atoms with Crippen molar-refractivity contribution in [3.63, 3.8) is 0 Å². The van der Waals surface area contributed by atoms with Crippen LogP contribution in [0.2, 0.25) is 19.1 Å². The fraction of sp³-hybridized carbons (Fsp3) is 0.773. The summed E-state index contributed by atoms with van der Waals surface area (Å²) in [6, 6.07) is 1.25. The average Bonchev–Trinajstić information content (AvgIpc) is 2.61. The van der Waals surface area contributed by atoms with Gasteiger partial charge in [0.2, 0.25) is 0 Å². The van der Waals surface area contributed by atoms with E-state index in [4.69, 9.17) is 14.2 Å². The van der Waals surface area contributed by atoms with Gasteiger partial charge >= 0.3 is 6.09 Å². The van der Waals surface area contributed by atoms with Crippen LogP contribution in [0.5, 0.6) is 0 Å². The first-order valence-electron chi connectivity index (χ1n) is 10.8. The Morgan fingerprint density at radius 2 is 1.93 bits per heavy atom. The summed E-state index contributed by atoms with van der Waals surface area (Å²) in [5.41, 5.74) is 2.69. The van der Waals surface area contributed by atoms with E-state index in [9.17, 15) is 4.79 Å². The Morgan fingerprint density at radius 1 is 1.27 bits per heavy atom. The highest BCUT2D eigenvalue weighted by molar-refractivity contribution is 8.03. The minimum absolute atomic E-state index is 0.180. The number of hydrogen-bond donors (Lipinski definition) is 1. The molecule has 6 nitrogen and oxygen atoms in total. The van der Waals surface area contributed by atoms with Gasteiger partial charge in [0.05, 0.1) is 32.9 Å². The van der Waals surface area contributed by atoms with E-state index >= 15 is 0 Å². The average molecular weight is 461 g/mol. The van der Waals surface area contributed by atoms with Crippen molar-refractivity contribution in [3.8, 4) is 0 Å². The Bertz CT molecular complexity index is 546. The Kier molecular flexibility index (Phi) is 14.7. The molecule has 8 heteroatoms. The lowest BCUT2D eigenvalue weighted by molar-refractivity contribution is -0.0412. The molecule has 0 unspecified atom stereocenters. The summed E-state index contributed by atoms with van der Waals surface area (Å²) in [5, 5.41) is 1.42. The smallest absolute Gasteiger partial charge is 0.424 e. The van der Waals surface area contributed by atoms with Crippen molar-refractivity contribution in [2.45, 2.75) is 79.3 Å². The number of thioether (sulfide) groups is 1. The second-order valence-electron chi connectivity index (χ2n) is 9.23. The van der Waals surface area contributed by atoms with E-state index in [-0.39, 0.29) is 18.4 Å². The zero-order valence-electron chi connectivity index (χ0n) is 20.5. The van der Waals surface area contributed by atoms with Crippen LogP contribution in [0.25, 0.3) is 0 Å². The summed E-state index contributed by atoms with van der Waals surface area (Å²) in [6.45, 7) is 20.0. The van der Waals surface area contributed by atoms with E-state index in [0.29, 0.717) is 6.54 Å². The van der Waals surface area contributed by atoms with Crippen LogP contribution >= 0.6 is 11.8 Å². The molecule has 0 bridgehead atoms. The minimum atomic E-state index is -1.15. The molecular formula is C22H44N2O4SSi. The van der Waals surface area contributed by atoms with Crippen molar-refractivity contribution in [2.24, 2.45) is 0 Å². The van der Waals surface area contributed by atoms with Crippen LogP contribution in [0.15, 0.2) is 23.1 Å². The van der Waals surface area contributed by atoms with E-state index in [1.807, 2.05) is 52.8 Å². The van der Waals surface area contributed by atoms with Crippen LogP contribution in [0.1, 0.15) is 48.5 Å². The molecular weight excluding hydrogens is 416 g/mol. The number of rotatable bonds is 14. The predicted octanol–water partition coefficient (Wildman–Crippen LogP) is 5.59. The quantitative estimate of drug-likeness (QED) is 0.120. The highest BCUT2D eigenvalue weighted by atomic mass is 32.2. The molecule has 0 aromatic carbocycles. The van der Waals surface area contributed by atoms with Crippen molar-refractivity contribution >= 4 is 25.9 Å². The van der Waals surface area contributed by atoms with Crippen molar-refractivity contribution in [1.82, 2.24) is 10.4 Å². The van der Waals surface area contributed by atoms with Gasteiger partial charge in [-0.25, -0.2) is 15.2 Å². The summed E-state index contributed by atoms with van der Waals surface area (Å²) in [5.74, 6) is 0.947. The fourth-order valence-corrected chi connectivity index (χ4v) is 3.52. The normalized spacial score (nSPS) is 13.3. The lowest BCUT2D eigenvalue weighted by Gasteiger charge is -2.26. The molecule has 0 spiro atoms. The fourth-order valence-electron chi connectivity index (χ4n) is 1.93. The standard InChI is InChI=1S/C22H44N2O4SSi/c1-10-30(8,9)18-26-15-16-29-20(4)13-11-12-14-24(21(25)28-19(2)3)23-17-27-22(5,6)7/h11-13,19,23H,10,14-18H2,1-9H3. The second-order valence-corrected chi connectivity index (χ2v) is 15.9. The number of carbonyl (C=O) groups is 1. The van der Waals surface area contributed by atoms with Crippen molar-refractivity contribution < 1.29 is 19.0 Å². The van der Waals surface area contributed by atoms with Gasteiger partial charge < -0.3 is 14.2 Å². The third-order valence-corrected chi connectivity index (χ3v) is 7.94. The lowest BCUT2D eigenvalue weighted by atomic mass is 10.2. The summed E-state index contributed by atoms with van der Waals surface area (Å²) in [4.78, 5) is 13.5. The zero-order valence-corrected chi connectivity index (χ0v) is 22.4. The van der Waals surface area contributed by atoms with Crippen molar-refractivity contribution in [3.05, 3.63) is 23.1 Å². The molecule has 0 aromatic heterocycles. The van der Waals surface area contributed by atoms with Gasteiger partial charge in [-0.3, -0.25) is 0 Å². The van der Waals surface area contributed by atoms with E-state index in [1.54, 1.807) is 11.8 Å². The third kappa shape index (κ3) is 16.9. The summed E-state index contributed by atoms with van der Waals surface area (Å²) in [7, 11) is -1.15. The molecule has 0 aliphatic heterocycles. The zero-order chi connectivity index (χ0) is 23.2. The van der Waals surface area contributed by atoms with Gasteiger partial charge in [0, 0.05) is 12.0 Å². The van der Waals surface area contributed by atoms with E-state index in [1.165, 1.54) is 16.0 Å². The Labute approximate surface area is 189 Å². The number of ether oxygens (including phenoxy) is 3. The molecule has 0 atom stereocenters. The third-order valence-electron chi connectivity index (χ3n) is 4.08. The van der Waals surface area contributed by atoms with Gasteiger partial charge in [-0.1, -0.05) is 44.3 Å². The number of nitrogens with one attached hydrogen (secondary N) is 1. The molecule has 0 rings (SSSR count). The molecule has 0 saturated heterocycles. The molecule has 0 heterocycles. The maximum absolute atomic E-state index is 12.3. The number of hydrogen-bond acceptors (Lipinski definition) is 6. The Balaban J connectivity index is 4.42. The van der Waals surface area contributed by atoms with Crippen LogP contribution in [0.4, 0.5) is 4.79 Å². The first kappa shape index (κ1) is 29.2. The summed E-state index contributed by atoms with van der Waals surface area (Å²) < 4.78 is 16.8. The van der Waals surface area contributed by atoms with E-state index in [0.717, 1.165) is 18.6 Å². The molecule has 0 aliphatic rings. The summed E-state index contributed by atoms with van der Waals surface area (Å²) >= 11 is 1.78. The summed E-state index contributed by atoms with van der Waals surface area (Å²) in [6.07, 6.45) is 6.26. The maximum atomic E-state index is 12.3. The highest BCUT2D eigenvalue weighted by Crippen LogP contribution is 2.15. The molecule has 0 aromatic rings. The van der Waals surface area contributed by atoms with Crippen LogP contribution in [-0.4, -0.2) is 62.7 Å². The number of hydrazine groups is 1. The second kappa shape index (κ2) is 15.1. The Morgan fingerprint density at radius 3 is 2.50 bits per heavy atom. The highest BCUT2D eigenvalue weighted by Gasteiger charge is 2.18. The predicted molar refractivity (Wildman–Crippen MR) is 131 cm³/mol. The van der Waals surface area contributed by atoms with E-state index in [2.05, 4.69) is 32.4 Å². The van der Waals surface area contributed by atoms with Crippen LogP contribution in [0, 0.1) is 0 Å². The van der Waals surface area contributed by atoms with Gasteiger partial charge in [0.15, 0.2) is 0 Å². The minimum Gasteiger partial charge on any atom is -0.446 e. The van der Waals surface area contributed by atoms with Gasteiger partial charge in [-0.15, -0.1) is 11.8 Å². The first-order chi connectivity index (χ1) is 13.9. The molecule has 30 heavy (non-hydrogen) atoms. The number of allylic oxidation sites excluding steroid dienone is 3. The topological polar surface area (TPSA) is 60.0 Å². The SMILES string of the molecule is CC[Si](C)(C)COCCSC(C)=CC=CCN(NCOC(C)(C)C)C(=O)OC(C)C. The van der Waals surface area contributed by atoms with Crippen LogP contribution in [0.3, 0.4) is 0 Å². The molecule has 1 amide bonds. The number of carbonyl (C=O) groups excluding carboxylic acids is 1. The van der Waals surface area contributed by atoms with Gasteiger partial charge in [-0.05, 0) is 46.4 Å². The molecule has 0 saturated carbocycles. The Hall–Kier alpha value is -0.803.